The molecule has 2 aromatic rings. The van der Waals surface area contributed by atoms with Crippen LogP contribution in [-0.4, -0.2) is 16.4 Å². The summed E-state index contributed by atoms with van der Waals surface area (Å²) >= 11 is 3.15. The molecule has 1 saturated carbocycles. The monoisotopic (exact) mass is 307 g/mol. The molecule has 1 amide bonds. The van der Waals surface area contributed by atoms with Crippen LogP contribution in [0.25, 0.3) is 10.6 Å². The van der Waals surface area contributed by atoms with Crippen LogP contribution in [0.3, 0.4) is 0 Å². The summed E-state index contributed by atoms with van der Waals surface area (Å²) in [5.74, 6) is -0.0988. The van der Waals surface area contributed by atoms with Crippen molar-refractivity contribution in [3.8, 4) is 10.6 Å². The normalized spacial score (nSPS) is 17.3. The van der Waals surface area contributed by atoms with Crippen LogP contribution >= 0.6 is 22.7 Å². The van der Waals surface area contributed by atoms with Gasteiger partial charge in [0.2, 0.25) is 5.91 Å². The highest BCUT2D eigenvalue weighted by Crippen LogP contribution is 2.32. The number of nitrogens with one attached hydrogen (secondary N) is 1. The van der Waals surface area contributed by atoms with Crippen LogP contribution in [0.1, 0.15) is 30.6 Å². The zero-order valence-corrected chi connectivity index (χ0v) is 12.9. The van der Waals surface area contributed by atoms with Crippen LogP contribution in [0.4, 0.5) is 5.13 Å². The predicted octanol–water partition coefficient (Wildman–Crippen LogP) is 3.39. The van der Waals surface area contributed by atoms with Crippen molar-refractivity contribution in [1.29, 1.82) is 0 Å². The lowest BCUT2D eigenvalue weighted by Gasteiger charge is -2.21. The molecule has 0 aliphatic heterocycles. The molecule has 2 heterocycles. The van der Waals surface area contributed by atoms with Crippen molar-refractivity contribution in [2.24, 2.45) is 5.73 Å². The van der Waals surface area contributed by atoms with E-state index < -0.39 is 5.54 Å². The molecule has 0 atom stereocenters. The van der Waals surface area contributed by atoms with Gasteiger partial charge in [0.1, 0.15) is 0 Å². The van der Waals surface area contributed by atoms with Crippen LogP contribution in [0.2, 0.25) is 0 Å². The van der Waals surface area contributed by atoms with Crippen molar-refractivity contribution in [2.75, 3.05) is 5.32 Å². The topological polar surface area (TPSA) is 68.0 Å². The quantitative estimate of drug-likeness (QED) is 0.913. The van der Waals surface area contributed by atoms with E-state index in [-0.39, 0.29) is 5.91 Å². The lowest BCUT2D eigenvalue weighted by molar-refractivity contribution is -0.121. The first kappa shape index (κ1) is 13.7. The molecule has 20 heavy (non-hydrogen) atoms. The molecule has 3 rings (SSSR count). The SMILES string of the molecule is Cc1ccc(-c2csc(NC(=O)C3(N)CCCC3)n2)s1. The van der Waals surface area contributed by atoms with Gasteiger partial charge in [-0.15, -0.1) is 22.7 Å². The summed E-state index contributed by atoms with van der Waals surface area (Å²) < 4.78 is 0. The molecule has 6 heteroatoms. The molecule has 1 aliphatic carbocycles. The maximum Gasteiger partial charge on any atom is 0.246 e. The number of rotatable bonds is 3. The fraction of sp³-hybridized carbons (Fsp3) is 0.429. The summed E-state index contributed by atoms with van der Waals surface area (Å²) in [6.07, 6.45) is 3.59. The first-order chi connectivity index (χ1) is 9.57. The van der Waals surface area contributed by atoms with Gasteiger partial charge in [-0.05, 0) is 31.9 Å². The minimum absolute atomic E-state index is 0.0988. The molecule has 0 spiro atoms. The van der Waals surface area contributed by atoms with Gasteiger partial charge in [0.15, 0.2) is 5.13 Å². The number of thiophene rings is 1. The summed E-state index contributed by atoms with van der Waals surface area (Å²) in [7, 11) is 0. The minimum atomic E-state index is -0.703. The van der Waals surface area contributed by atoms with E-state index in [9.17, 15) is 4.79 Å². The highest BCUT2D eigenvalue weighted by molar-refractivity contribution is 7.17. The maximum absolute atomic E-state index is 12.2. The van der Waals surface area contributed by atoms with E-state index in [2.05, 4.69) is 29.4 Å². The number of hydrogen-bond donors (Lipinski definition) is 2. The number of aromatic nitrogens is 1. The summed E-state index contributed by atoms with van der Waals surface area (Å²) in [6.45, 7) is 2.07. The second-order valence-electron chi connectivity index (χ2n) is 5.27. The van der Waals surface area contributed by atoms with Gasteiger partial charge in [-0.3, -0.25) is 4.79 Å². The van der Waals surface area contributed by atoms with Crippen molar-refractivity contribution < 1.29 is 4.79 Å². The van der Waals surface area contributed by atoms with E-state index >= 15 is 0 Å². The standard InChI is InChI=1S/C14H17N3OS2/c1-9-4-5-11(20-9)10-8-19-13(16-10)17-12(18)14(15)6-2-3-7-14/h4-5,8H,2-3,6-7,15H2,1H3,(H,16,17,18). The number of carbonyl (C=O) groups excluding carboxylic acids is 1. The summed E-state index contributed by atoms with van der Waals surface area (Å²) in [6, 6.07) is 4.13. The largest absolute Gasteiger partial charge is 0.317 e. The van der Waals surface area contributed by atoms with Crippen LogP contribution < -0.4 is 11.1 Å². The van der Waals surface area contributed by atoms with Gasteiger partial charge in [-0.1, -0.05) is 12.8 Å². The van der Waals surface area contributed by atoms with E-state index in [1.165, 1.54) is 16.2 Å². The number of nitrogens with two attached hydrogens (primary N) is 1. The second-order valence-corrected chi connectivity index (χ2v) is 7.41. The summed E-state index contributed by atoms with van der Waals surface area (Å²) in [5.41, 5.74) is 6.35. The zero-order chi connectivity index (χ0) is 14.2. The summed E-state index contributed by atoms with van der Waals surface area (Å²) in [4.78, 5) is 19.1. The lowest BCUT2D eigenvalue weighted by atomic mass is 9.98. The molecule has 1 fully saturated rings. The Bertz CT molecular complexity index is 626. The Balaban J connectivity index is 1.73. The van der Waals surface area contributed by atoms with Gasteiger partial charge in [-0.2, -0.15) is 0 Å². The number of hydrogen-bond acceptors (Lipinski definition) is 5. The van der Waals surface area contributed by atoms with Crippen molar-refractivity contribution in [3.63, 3.8) is 0 Å². The Hall–Kier alpha value is -1.24. The van der Waals surface area contributed by atoms with Crippen molar-refractivity contribution in [2.45, 2.75) is 38.1 Å². The van der Waals surface area contributed by atoms with E-state index in [1.54, 1.807) is 11.3 Å². The van der Waals surface area contributed by atoms with Crippen molar-refractivity contribution in [1.82, 2.24) is 4.98 Å². The Morgan fingerprint density at radius 2 is 2.15 bits per heavy atom. The number of carbonyl (C=O) groups is 1. The Labute approximate surface area is 126 Å². The molecule has 0 saturated heterocycles. The van der Waals surface area contributed by atoms with E-state index in [4.69, 9.17) is 5.73 Å². The fourth-order valence-electron chi connectivity index (χ4n) is 2.47. The van der Waals surface area contributed by atoms with Crippen molar-refractivity contribution in [3.05, 3.63) is 22.4 Å². The third-order valence-electron chi connectivity index (χ3n) is 3.67. The third kappa shape index (κ3) is 2.63. The van der Waals surface area contributed by atoms with Crippen molar-refractivity contribution >= 4 is 33.7 Å². The smallest absolute Gasteiger partial charge is 0.246 e. The molecule has 4 nitrogen and oxygen atoms in total. The van der Waals surface area contributed by atoms with Crippen LogP contribution in [-0.2, 0) is 4.79 Å². The van der Waals surface area contributed by atoms with Crippen LogP contribution in [0.5, 0.6) is 0 Å². The third-order valence-corrected chi connectivity index (χ3v) is 5.45. The van der Waals surface area contributed by atoms with Gasteiger partial charge in [0.05, 0.1) is 16.1 Å². The molecule has 0 unspecified atom stereocenters. The molecule has 106 valence electrons. The predicted molar refractivity (Wildman–Crippen MR) is 84.2 cm³/mol. The second kappa shape index (κ2) is 5.27. The molecule has 3 N–H and O–H groups in total. The fourth-order valence-corrected chi connectivity index (χ4v) is 4.08. The number of aryl methyl sites for hydroxylation is 1. The van der Waals surface area contributed by atoms with E-state index in [1.807, 2.05) is 5.38 Å². The number of nitrogens with zero attached hydrogens (tertiary/aromatic N) is 1. The highest BCUT2D eigenvalue weighted by atomic mass is 32.1. The van der Waals surface area contributed by atoms with Gasteiger partial charge in [0, 0.05) is 10.3 Å². The van der Waals surface area contributed by atoms with Gasteiger partial charge in [0.25, 0.3) is 0 Å². The molecule has 0 radical (unpaired) electrons. The number of thiazole rings is 1. The van der Waals surface area contributed by atoms with Crippen LogP contribution in [0.15, 0.2) is 17.5 Å². The van der Waals surface area contributed by atoms with Gasteiger partial charge in [-0.25, -0.2) is 4.98 Å². The Kier molecular flexibility index (Phi) is 3.62. The molecule has 2 aromatic heterocycles. The average Bonchev–Trinajstić information content (AvgIpc) is 3.11. The minimum Gasteiger partial charge on any atom is -0.317 e. The van der Waals surface area contributed by atoms with Crippen LogP contribution in [0, 0.1) is 6.92 Å². The number of amides is 1. The number of anilines is 1. The molecule has 0 bridgehead atoms. The molecular formula is C14H17N3OS2. The molecule has 0 aromatic carbocycles. The maximum atomic E-state index is 12.2. The average molecular weight is 307 g/mol. The van der Waals surface area contributed by atoms with Gasteiger partial charge >= 0.3 is 0 Å². The Morgan fingerprint density at radius 1 is 1.40 bits per heavy atom. The zero-order valence-electron chi connectivity index (χ0n) is 11.3. The van der Waals surface area contributed by atoms with E-state index in [0.29, 0.717) is 5.13 Å². The lowest BCUT2D eigenvalue weighted by Crippen LogP contribution is -2.48. The highest BCUT2D eigenvalue weighted by Gasteiger charge is 2.37. The van der Waals surface area contributed by atoms with E-state index in [0.717, 1.165) is 36.3 Å². The van der Waals surface area contributed by atoms with Gasteiger partial charge < -0.3 is 11.1 Å². The first-order valence-corrected chi connectivity index (χ1v) is 8.39. The molecular weight excluding hydrogens is 290 g/mol. The summed E-state index contributed by atoms with van der Waals surface area (Å²) in [5, 5.41) is 5.47. The Morgan fingerprint density at radius 3 is 2.80 bits per heavy atom. The molecule has 1 aliphatic rings. The first-order valence-electron chi connectivity index (χ1n) is 6.69.